The van der Waals surface area contributed by atoms with Gasteiger partial charge in [0, 0.05) is 0 Å². The molecule has 0 heterocycles. The van der Waals surface area contributed by atoms with Gasteiger partial charge >= 0.3 is 74.9 Å². The van der Waals surface area contributed by atoms with E-state index in [1.165, 1.54) is 0 Å². The second-order valence-electron chi connectivity index (χ2n) is 0.644. The van der Waals surface area contributed by atoms with E-state index in [0.29, 0.717) is 0 Å². The van der Waals surface area contributed by atoms with E-state index in [0.717, 1.165) is 0 Å². The molecule has 0 aromatic carbocycles. The van der Waals surface area contributed by atoms with Crippen LogP contribution in [0, 0.1) is 0 Å². The number of rotatable bonds is 1. The Hall–Kier alpha value is 2.01. The van der Waals surface area contributed by atoms with E-state index in [1.807, 2.05) is 0 Å². The number of nitrogens with zero attached hydrogens (tertiary/aromatic N) is 2. The van der Waals surface area contributed by atoms with E-state index in [9.17, 15) is 0 Å². The van der Waals surface area contributed by atoms with E-state index in [4.69, 9.17) is 38.8 Å². The van der Waals surface area contributed by atoms with Crippen molar-refractivity contribution in [2.24, 2.45) is 7.71 Å². The van der Waals surface area contributed by atoms with E-state index in [-0.39, 0.29) is 0 Å². The maximum atomic E-state index is 5.28. The first-order valence-electron chi connectivity index (χ1n) is 1.00. The van der Waals surface area contributed by atoms with Crippen molar-refractivity contribution in [3.63, 3.8) is 0 Å². The Morgan fingerprint density at radius 2 is 1.50 bits per heavy atom. The fraction of sp³-hybridized carbons (Fsp3) is 0. The van der Waals surface area contributed by atoms with Crippen molar-refractivity contribution in [2.75, 3.05) is 0 Å². The van der Waals surface area contributed by atoms with Gasteiger partial charge in [-0.1, -0.05) is 0 Å². The number of hydrogen-bond donors (Lipinski definition) is 0. The molecule has 8 heteroatoms. The molecule has 56 valence electrons. The van der Waals surface area contributed by atoms with Crippen LogP contribution in [0.5, 0.6) is 0 Å². The van der Waals surface area contributed by atoms with Crippen LogP contribution in [0.15, 0.2) is 7.71 Å². The predicted molar refractivity (Wildman–Crippen MR) is 28.3 cm³/mol. The first-order valence-corrected chi connectivity index (χ1v) is 10.9. The molecule has 0 bridgehead atoms. The minimum absolute atomic E-state index is 2.09. The standard InChI is InChI=1S/4ClH.N2.2Rh/c;;;;1-2;;/h4*1H;;;/q;;;;-2;2*+3/p-4. The summed E-state index contributed by atoms with van der Waals surface area (Å²) in [6, 6.07) is 0. The van der Waals surface area contributed by atoms with Crippen LogP contribution in [0.4, 0.5) is 0 Å². The summed E-state index contributed by atoms with van der Waals surface area (Å²) >= 11 is 2.09. The van der Waals surface area contributed by atoms with Gasteiger partial charge in [-0.25, -0.2) is 0 Å². The van der Waals surface area contributed by atoms with Crippen LogP contribution >= 0.6 is 38.8 Å². The van der Waals surface area contributed by atoms with Crippen molar-refractivity contribution in [1.29, 1.82) is 0 Å². The van der Waals surface area contributed by atoms with Crippen molar-refractivity contribution in [3.8, 4) is 0 Å². The molecule has 0 radical (unpaired) electrons. The number of hydrogen-bond acceptors (Lipinski definition) is 2. The first kappa shape index (κ1) is 10.0. The van der Waals surface area contributed by atoms with E-state index < -0.39 is 9.88 Å². The molecule has 0 amide bonds. The van der Waals surface area contributed by atoms with Crippen molar-refractivity contribution >= 4 is 38.8 Å². The topological polar surface area (TPSA) is 24.7 Å². The molecule has 0 saturated carbocycles. The number of halogens is 4. The zero-order chi connectivity index (χ0) is 6.86. The average Bonchev–Trinajstić information content (AvgIpc) is 1.25. The Morgan fingerprint density at radius 1 is 1.12 bits per heavy atom. The fourth-order valence-electron chi connectivity index (χ4n) is 0.0336. The minimum atomic E-state index is -4.16. The Balaban J connectivity index is 4.14. The third kappa shape index (κ3) is 8.01. The van der Waals surface area contributed by atoms with Gasteiger partial charge in [-0.05, 0) is 0 Å². The summed E-state index contributed by atoms with van der Waals surface area (Å²) < 4.78 is 6.34. The van der Waals surface area contributed by atoms with Crippen molar-refractivity contribution in [2.45, 2.75) is 0 Å². The van der Waals surface area contributed by atoms with Gasteiger partial charge in [0.05, 0.1) is 0 Å². The van der Waals surface area contributed by atoms with Gasteiger partial charge in [-0.3, -0.25) is 0 Å². The zero-order valence-corrected chi connectivity index (χ0v) is 9.37. The monoisotopic (exact) mass is 374 g/mol. The molecule has 0 saturated heterocycles. The third-order valence-corrected chi connectivity index (χ3v) is 2.57. The first-order chi connectivity index (χ1) is 3.31. The summed E-state index contributed by atoms with van der Waals surface area (Å²) in [6.07, 6.45) is 0. The van der Waals surface area contributed by atoms with Crippen LogP contribution in [0.25, 0.3) is 0 Å². The maximum absolute atomic E-state index is 5.28. The molecule has 0 aliphatic heterocycles. The van der Waals surface area contributed by atoms with Crippen LogP contribution in [0.2, 0.25) is 0 Å². The van der Waals surface area contributed by atoms with Gasteiger partial charge in [0.15, 0.2) is 0 Å². The summed E-state index contributed by atoms with van der Waals surface area (Å²) in [5.41, 5.74) is 0. The summed E-state index contributed by atoms with van der Waals surface area (Å²) in [5, 5.41) is 0. The normalized spacial score (nSPS) is 18.4. The van der Waals surface area contributed by atoms with E-state index in [1.54, 1.807) is 0 Å². The molecule has 0 atom stereocenters. The van der Waals surface area contributed by atoms with Crippen LogP contribution in [0.3, 0.4) is 0 Å². The molecular formula is Cl4N2Rh2. The molecular weight excluding hydrogens is 376 g/mol. The van der Waals surface area contributed by atoms with Gasteiger partial charge < -0.3 is 0 Å². The van der Waals surface area contributed by atoms with Gasteiger partial charge in [-0.15, -0.1) is 0 Å². The van der Waals surface area contributed by atoms with Crippen molar-refractivity contribution < 1.29 is 28.4 Å². The Morgan fingerprint density at radius 3 is 1.50 bits per heavy atom. The molecule has 0 aliphatic rings. The second kappa shape index (κ2) is 2.94. The molecule has 0 N–H and O–H groups in total. The van der Waals surface area contributed by atoms with Gasteiger partial charge in [0.25, 0.3) is 0 Å². The van der Waals surface area contributed by atoms with Gasteiger partial charge in [0.2, 0.25) is 0 Å². The molecule has 0 aromatic rings. The molecule has 0 rings (SSSR count). The summed E-state index contributed by atoms with van der Waals surface area (Å²) in [7, 11) is 16.9. The molecule has 8 heavy (non-hydrogen) atoms. The Bertz CT molecular complexity index is 102. The van der Waals surface area contributed by atoms with Crippen molar-refractivity contribution in [1.82, 2.24) is 0 Å². The quantitative estimate of drug-likeness (QED) is 0.497. The molecule has 0 aromatic heterocycles. The van der Waals surface area contributed by atoms with Crippen molar-refractivity contribution in [3.05, 3.63) is 0 Å². The van der Waals surface area contributed by atoms with Crippen LogP contribution in [-0.2, 0) is 28.4 Å². The molecule has 0 aliphatic carbocycles. The van der Waals surface area contributed by atoms with Crippen LogP contribution in [0.1, 0.15) is 0 Å². The summed E-state index contributed by atoms with van der Waals surface area (Å²) in [5.74, 6) is 0. The second-order valence-corrected chi connectivity index (χ2v) is 20.0. The average molecular weight is 376 g/mol. The van der Waals surface area contributed by atoms with Gasteiger partial charge in [-0.2, -0.15) is 0 Å². The summed E-state index contributed by atoms with van der Waals surface area (Å²) in [4.78, 5) is 0. The van der Waals surface area contributed by atoms with Crippen LogP contribution in [-0.4, -0.2) is 0 Å². The Kier molecular flexibility index (Phi) is 3.68. The summed E-state index contributed by atoms with van der Waals surface area (Å²) in [6.45, 7) is 0. The fourth-order valence-corrected chi connectivity index (χ4v) is 3.53. The SMILES string of the molecule is [Cl][Rh-2]([Cl])([Cl])([Cl])[N]=[N][Rh+2]. The third-order valence-electron chi connectivity index (χ3n) is 0.123. The molecule has 0 fully saturated rings. The Labute approximate surface area is 74.0 Å². The van der Waals surface area contributed by atoms with E-state index >= 15 is 0 Å². The zero-order valence-electron chi connectivity index (χ0n) is 3.07. The van der Waals surface area contributed by atoms with Gasteiger partial charge in [0.1, 0.15) is 0 Å². The predicted octanol–water partition coefficient (Wildman–Crippen LogP) is 3.12. The molecule has 0 spiro atoms. The molecule has 0 unspecified atom stereocenters. The van der Waals surface area contributed by atoms with E-state index in [2.05, 4.69) is 26.3 Å². The van der Waals surface area contributed by atoms with Crippen LogP contribution < -0.4 is 0 Å². The molecule has 2 nitrogen and oxygen atoms in total.